The molecule has 104 valence electrons. The van der Waals surface area contributed by atoms with Crippen LogP contribution in [0.1, 0.15) is 30.9 Å². The van der Waals surface area contributed by atoms with E-state index in [1.165, 1.54) is 30.4 Å². The molecule has 0 bridgehead atoms. The van der Waals surface area contributed by atoms with Crippen LogP contribution in [0, 0.1) is 0 Å². The highest BCUT2D eigenvalue weighted by molar-refractivity contribution is 8.00. The zero-order chi connectivity index (χ0) is 13.7. The molecule has 1 atom stereocenters. The van der Waals surface area contributed by atoms with Crippen molar-refractivity contribution in [1.82, 2.24) is 5.32 Å². The maximum absolute atomic E-state index is 11.7. The van der Waals surface area contributed by atoms with E-state index in [-0.39, 0.29) is 18.6 Å². The van der Waals surface area contributed by atoms with Crippen molar-refractivity contribution in [2.24, 2.45) is 0 Å². The van der Waals surface area contributed by atoms with E-state index in [1.54, 1.807) is 11.8 Å². The summed E-state index contributed by atoms with van der Waals surface area (Å²) in [5.41, 5.74) is 2.90. The molecule has 2 N–H and O–H groups in total. The molecule has 1 amide bonds. The molecule has 2 rings (SSSR count). The summed E-state index contributed by atoms with van der Waals surface area (Å²) in [5.74, 6) is 0.404. The van der Waals surface area contributed by atoms with Crippen molar-refractivity contribution < 1.29 is 9.90 Å². The van der Waals surface area contributed by atoms with E-state index in [2.05, 4.69) is 23.5 Å². The van der Waals surface area contributed by atoms with Gasteiger partial charge in [-0.1, -0.05) is 13.0 Å². The second-order valence-electron chi connectivity index (χ2n) is 4.93. The number of fused-ring (bicyclic) bond motifs is 1. The molecular formula is C15H21NO2S. The van der Waals surface area contributed by atoms with Crippen LogP contribution in [0.4, 0.5) is 0 Å². The first-order valence-corrected chi connectivity index (χ1v) is 7.86. The van der Waals surface area contributed by atoms with Gasteiger partial charge < -0.3 is 10.4 Å². The molecule has 0 saturated carbocycles. The molecule has 4 heteroatoms. The minimum Gasteiger partial charge on any atom is -0.394 e. The Morgan fingerprint density at radius 1 is 1.42 bits per heavy atom. The summed E-state index contributed by atoms with van der Waals surface area (Å²) >= 11 is 1.56. The lowest BCUT2D eigenvalue weighted by Crippen LogP contribution is -2.37. The third-order valence-electron chi connectivity index (χ3n) is 3.52. The van der Waals surface area contributed by atoms with Crippen LogP contribution >= 0.6 is 11.8 Å². The first-order valence-electron chi connectivity index (χ1n) is 6.87. The van der Waals surface area contributed by atoms with E-state index < -0.39 is 0 Å². The number of hydrogen-bond acceptors (Lipinski definition) is 3. The summed E-state index contributed by atoms with van der Waals surface area (Å²) in [7, 11) is 0. The molecule has 1 aliphatic carbocycles. The average Bonchev–Trinajstić information content (AvgIpc) is 2.89. The number of hydrogen-bond donors (Lipinski definition) is 2. The second kappa shape index (κ2) is 6.96. The first-order chi connectivity index (χ1) is 9.22. The molecule has 1 unspecified atom stereocenters. The maximum Gasteiger partial charge on any atom is 0.230 e. The Balaban J connectivity index is 1.83. The van der Waals surface area contributed by atoms with Gasteiger partial charge in [-0.2, -0.15) is 0 Å². The Hall–Kier alpha value is -1.00. The van der Waals surface area contributed by atoms with Crippen LogP contribution in [-0.2, 0) is 17.6 Å². The highest BCUT2D eigenvalue weighted by Gasteiger charge is 2.12. The highest BCUT2D eigenvalue weighted by Crippen LogP contribution is 2.27. The number of thioether (sulfide) groups is 1. The van der Waals surface area contributed by atoms with Gasteiger partial charge in [-0.3, -0.25) is 4.79 Å². The molecule has 0 spiro atoms. The fourth-order valence-electron chi connectivity index (χ4n) is 2.33. The van der Waals surface area contributed by atoms with Crippen molar-refractivity contribution in [1.29, 1.82) is 0 Å². The normalized spacial score (nSPS) is 15.1. The van der Waals surface area contributed by atoms with E-state index in [4.69, 9.17) is 5.11 Å². The Morgan fingerprint density at radius 3 is 2.95 bits per heavy atom. The van der Waals surface area contributed by atoms with Gasteiger partial charge >= 0.3 is 0 Å². The molecule has 1 aromatic rings. The minimum absolute atomic E-state index is 0.00571. The summed E-state index contributed by atoms with van der Waals surface area (Å²) in [6, 6.07) is 6.38. The smallest absolute Gasteiger partial charge is 0.230 e. The van der Waals surface area contributed by atoms with Crippen molar-refractivity contribution in [2.45, 2.75) is 43.5 Å². The van der Waals surface area contributed by atoms with Crippen LogP contribution in [0.5, 0.6) is 0 Å². The van der Waals surface area contributed by atoms with Crippen molar-refractivity contribution in [3.63, 3.8) is 0 Å². The molecule has 3 nitrogen and oxygen atoms in total. The minimum atomic E-state index is -0.117. The number of aliphatic hydroxyl groups is 1. The predicted octanol–water partition coefficient (Wildman–Crippen LogP) is 2.15. The highest BCUT2D eigenvalue weighted by atomic mass is 32.2. The Morgan fingerprint density at radius 2 is 2.21 bits per heavy atom. The topological polar surface area (TPSA) is 49.3 Å². The van der Waals surface area contributed by atoms with E-state index in [0.29, 0.717) is 5.75 Å². The summed E-state index contributed by atoms with van der Waals surface area (Å²) in [4.78, 5) is 12.9. The molecule has 0 radical (unpaired) electrons. The SMILES string of the molecule is CCC(CO)NC(=O)CSc1ccc2c(c1)CCC2. The van der Waals surface area contributed by atoms with Gasteiger partial charge in [-0.05, 0) is 48.9 Å². The molecule has 1 aliphatic rings. The lowest BCUT2D eigenvalue weighted by molar-refractivity contribution is -0.119. The van der Waals surface area contributed by atoms with E-state index >= 15 is 0 Å². The number of benzene rings is 1. The Labute approximate surface area is 118 Å². The number of carbonyl (C=O) groups is 1. The van der Waals surface area contributed by atoms with Crippen LogP contribution in [0.2, 0.25) is 0 Å². The summed E-state index contributed by atoms with van der Waals surface area (Å²) in [6.45, 7) is 1.96. The van der Waals surface area contributed by atoms with Crippen LogP contribution in [0.3, 0.4) is 0 Å². The lowest BCUT2D eigenvalue weighted by atomic mass is 10.1. The lowest BCUT2D eigenvalue weighted by Gasteiger charge is -2.13. The average molecular weight is 279 g/mol. The van der Waals surface area contributed by atoms with Crippen molar-refractivity contribution in [3.05, 3.63) is 29.3 Å². The quantitative estimate of drug-likeness (QED) is 0.785. The molecule has 1 aromatic carbocycles. The van der Waals surface area contributed by atoms with E-state index in [9.17, 15) is 4.79 Å². The maximum atomic E-state index is 11.7. The molecule has 19 heavy (non-hydrogen) atoms. The van der Waals surface area contributed by atoms with Crippen LogP contribution in [0.25, 0.3) is 0 Å². The molecular weight excluding hydrogens is 258 g/mol. The first kappa shape index (κ1) is 14.4. The van der Waals surface area contributed by atoms with E-state index in [1.807, 2.05) is 6.92 Å². The molecule has 0 saturated heterocycles. The number of rotatable bonds is 6. The third-order valence-corrected chi connectivity index (χ3v) is 4.51. The third kappa shape index (κ3) is 3.98. The van der Waals surface area contributed by atoms with Gasteiger partial charge in [-0.15, -0.1) is 11.8 Å². The standard InChI is InChI=1S/C15H21NO2S/c1-2-13(9-17)16-15(18)10-19-14-7-6-11-4-3-5-12(11)8-14/h6-8,13,17H,2-5,9-10H2,1H3,(H,16,18). The number of nitrogens with one attached hydrogen (secondary N) is 1. The predicted molar refractivity (Wildman–Crippen MR) is 78.5 cm³/mol. The van der Waals surface area contributed by atoms with Crippen LogP contribution < -0.4 is 5.32 Å². The fraction of sp³-hybridized carbons (Fsp3) is 0.533. The molecule has 0 fully saturated rings. The Kier molecular flexibility index (Phi) is 5.28. The van der Waals surface area contributed by atoms with Crippen molar-refractivity contribution >= 4 is 17.7 Å². The monoisotopic (exact) mass is 279 g/mol. The zero-order valence-electron chi connectivity index (χ0n) is 11.3. The summed E-state index contributed by atoms with van der Waals surface area (Å²) in [5, 5.41) is 11.9. The number of carbonyl (C=O) groups excluding carboxylic acids is 1. The fourth-order valence-corrected chi connectivity index (χ4v) is 3.10. The molecule has 0 aliphatic heterocycles. The number of aryl methyl sites for hydroxylation is 2. The number of aliphatic hydroxyl groups excluding tert-OH is 1. The van der Waals surface area contributed by atoms with Gasteiger partial charge in [0.25, 0.3) is 0 Å². The van der Waals surface area contributed by atoms with Crippen molar-refractivity contribution in [2.75, 3.05) is 12.4 Å². The van der Waals surface area contributed by atoms with Crippen molar-refractivity contribution in [3.8, 4) is 0 Å². The van der Waals surface area contributed by atoms with Gasteiger partial charge in [0, 0.05) is 4.90 Å². The van der Waals surface area contributed by atoms with Crippen LogP contribution in [0.15, 0.2) is 23.1 Å². The Bertz CT molecular complexity index is 444. The van der Waals surface area contributed by atoms with E-state index in [0.717, 1.165) is 11.3 Å². The molecule has 0 heterocycles. The van der Waals surface area contributed by atoms with Gasteiger partial charge in [0.05, 0.1) is 18.4 Å². The zero-order valence-corrected chi connectivity index (χ0v) is 12.1. The van der Waals surface area contributed by atoms with Gasteiger partial charge in [-0.25, -0.2) is 0 Å². The summed E-state index contributed by atoms with van der Waals surface area (Å²) < 4.78 is 0. The van der Waals surface area contributed by atoms with Gasteiger partial charge in [0.2, 0.25) is 5.91 Å². The largest absolute Gasteiger partial charge is 0.394 e. The molecule has 0 aromatic heterocycles. The van der Waals surface area contributed by atoms with Crippen LogP contribution in [-0.4, -0.2) is 29.4 Å². The summed E-state index contributed by atoms with van der Waals surface area (Å²) in [6.07, 6.45) is 4.36. The van der Waals surface area contributed by atoms with Gasteiger partial charge in [0.15, 0.2) is 0 Å². The number of amides is 1. The van der Waals surface area contributed by atoms with Gasteiger partial charge in [0.1, 0.15) is 0 Å². The second-order valence-corrected chi connectivity index (χ2v) is 5.98.